The first-order chi connectivity index (χ1) is 19.9. The molecule has 0 saturated carbocycles. The van der Waals surface area contributed by atoms with Crippen molar-refractivity contribution in [2.24, 2.45) is 0 Å². The monoisotopic (exact) mass is 568 g/mol. The quantitative estimate of drug-likeness (QED) is 0.132. The van der Waals surface area contributed by atoms with Gasteiger partial charge >= 0.3 is 0 Å². The second-order valence-electron chi connectivity index (χ2n) is 9.49. The van der Waals surface area contributed by atoms with Crippen molar-refractivity contribution >= 4 is 51.6 Å². The second kappa shape index (κ2) is 12.6. The molecule has 0 bridgehead atoms. The largest absolute Gasteiger partial charge is 0.370 e. The fourth-order valence-electron chi connectivity index (χ4n) is 4.06. The van der Waals surface area contributed by atoms with Gasteiger partial charge in [0.05, 0.1) is 17.2 Å². The highest BCUT2D eigenvalue weighted by atomic mass is 35.5. The number of hydrogen-bond acceptors (Lipinski definition) is 8. The van der Waals surface area contributed by atoms with Gasteiger partial charge in [0.25, 0.3) is 5.91 Å². The van der Waals surface area contributed by atoms with Crippen LogP contribution in [-0.4, -0.2) is 62.3 Å². The number of nitrogens with zero attached hydrogens (tertiary/aromatic N) is 5. The smallest absolute Gasteiger partial charge is 0.255 e. The molecule has 4 N–H and O–H groups in total. The van der Waals surface area contributed by atoms with Crippen molar-refractivity contribution in [2.45, 2.75) is 6.23 Å². The van der Waals surface area contributed by atoms with E-state index in [2.05, 4.69) is 30.9 Å². The van der Waals surface area contributed by atoms with Crippen molar-refractivity contribution in [3.8, 4) is 5.82 Å². The van der Waals surface area contributed by atoms with E-state index in [-0.39, 0.29) is 5.91 Å². The van der Waals surface area contributed by atoms with Gasteiger partial charge in [0.15, 0.2) is 5.82 Å². The van der Waals surface area contributed by atoms with E-state index in [0.29, 0.717) is 39.4 Å². The lowest BCUT2D eigenvalue weighted by atomic mass is 10.2. The minimum absolute atomic E-state index is 0.267. The zero-order valence-corrected chi connectivity index (χ0v) is 23.2. The van der Waals surface area contributed by atoms with E-state index < -0.39 is 6.23 Å². The molecule has 1 amide bonds. The average molecular weight is 569 g/mol. The summed E-state index contributed by atoms with van der Waals surface area (Å²) in [5.74, 6) is 0.571. The number of likely N-dealkylation sites (N-methyl/N-ethyl adjacent to an activating group) is 1. The molecule has 3 aromatic carbocycles. The lowest BCUT2D eigenvalue weighted by molar-refractivity contribution is 0.102. The standard InChI is InChI=1S/C30H29ClN8O2/c1-38(2)16-6-11-27(40)34-21-14-12-20(13-15-21)29(41)35-22-7-5-8-23(17-22)36-30-32-18-24(31)28(37-30)39-19-33-25-9-3-4-10-26(25)39/h3-15,17-19,27,34,40H,16H2,1-2H3,(H,35,41)(H,32,36,37)/b11-6+. The van der Waals surface area contributed by atoms with Crippen LogP contribution in [0.2, 0.25) is 5.02 Å². The van der Waals surface area contributed by atoms with Crippen LogP contribution in [0, 0.1) is 0 Å². The Hall–Kier alpha value is -4.77. The number of amides is 1. The number of aliphatic hydroxyl groups is 1. The Bertz CT molecular complexity index is 1680. The molecule has 10 nitrogen and oxygen atoms in total. The molecule has 1 unspecified atom stereocenters. The molecule has 0 fully saturated rings. The molecule has 2 aromatic heterocycles. The number of anilines is 4. The Morgan fingerprint density at radius 2 is 1.80 bits per heavy atom. The Morgan fingerprint density at radius 1 is 1.02 bits per heavy atom. The fourth-order valence-corrected chi connectivity index (χ4v) is 4.24. The lowest BCUT2D eigenvalue weighted by Crippen LogP contribution is -2.17. The highest BCUT2D eigenvalue weighted by Crippen LogP contribution is 2.25. The average Bonchev–Trinajstić information content (AvgIpc) is 3.38. The Kier molecular flexibility index (Phi) is 8.54. The van der Waals surface area contributed by atoms with Crippen molar-refractivity contribution in [1.82, 2.24) is 24.4 Å². The molecule has 0 spiro atoms. The number of carbonyl (C=O) groups is 1. The van der Waals surface area contributed by atoms with Gasteiger partial charge in [0.1, 0.15) is 17.6 Å². The van der Waals surface area contributed by atoms with Gasteiger partial charge in [0.2, 0.25) is 5.95 Å². The number of aromatic nitrogens is 4. The van der Waals surface area contributed by atoms with Crippen LogP contribution in [0.5, 0.6) is 0 Å². The molecule has 1 atom stereocenters. The molecule has 11 heteroatoms. The summed E-state index contributed by atoms with van der Waals surface area (Å²) in [6.45, 7) is 0.727. The van der Waals surface area contributed by atoms with Gasteiger partial charge in [-0.05, 0) is 74.8 Å². The normalized spacial score (nSPS) is 12.1. The third-order valence-corrected chi connectivity index (χ3v) is 6.30. The summed E-state index contributed by atoms with van der Waals surface area (Å²) in [7, 11) is 3.91. The Morgan fingerprint density at radius 3 is 2.61 bits per heavy atom. The van der Waals surface area contributed by atoms with Gasteiger partial charge in [0, 0.05) is 29.2 Å². The number of fused-ring (bicyclic) bond motifs is 1. The van der Waals surface area contributed by atoms with Gasteiger partial charge < -0.3 is 26.0 Å². The van der Waals surface area contributed by atoms with Crippen LogP contribution >= 0.6 is 11.6 Å². The van der Waals surface area contributed by atoms with Gasteiger partial charge in [-0.2, -0.15) is 4.98 Å². The van der Waals surface area contributed by atoms with E-state index in [1.807, 2.05) is 66.0 Å². The predicted molar refractivity (Wildman–Crippen MR) is 163 cm³/mol. The number of carbonyl (C=O) groups excluding carboxylic acids is 1. The predicted octanol–water partition coefficient (Wildman–Crippen LogP) is 5.31. The van der Waals surface area contributed by atoms with E-state index in [4.69, 9.17) is 11.6 Å². The molecule has 0 aliphatic heterocycles. The molecule has 0 saturated heterocycles. The van der Waals surface area contributed by atoms with Gasteiger partial charge in [-0.3, -0.25) is 9.36 Å². The second-order valence-corrected chi connectivity index (χ2v) is 9.89. The van der Waals surface area contributed by atoms with Crippen molar-refractivity contribution in [1.29, 1.82) is 0 Å². The minimum atomic E-state index is -0.829. The number of hydrogen-bond donors (Lipinski definition) is 4. The highest BCUT2D eigenvalue weighted by Gasteiger charge is 2.12. The molecule has 208 valence electrons. The highest BCUT2D eigenvalue weighted by molar-refractivity contribution is 6.32. The van der Waals surface area contributed by atoms with Crippen LogP contribution in [0.15, 0.2) is 97.5 Å². The zero-order valence-electron chi connectivity index (χ0n) is 22.5. The number of nitrogens with one attached hydrogen (secondary N) is 3. The third kappa shape index (κ3) is 7.06. The summed E-state index contributed by atoms with van der Waals surface area (Å²) in [6.07, 6.45) is 5.93. The fraction of sp³-hybridized carbons (Fsp3) is 0.133. The molecule has 5 rings (SSSR count). The number of para-hydroxylation sites is 2. The van der Waals surface area contributed by atoms with Crippen LogP contribution in [-0.2, 0) is 0 Å². The number of benzene rings is 3. The van der Waals surface area contributed by atoms with Crippen LogP contribution in [0.25, 0.3) is 16.9 Å². The van der Waals surface area contributed by atoms with Crippen molar-refractivity contribution in [3.63, 3.8) is 0 Å². The number of halogens is 1. The summed E-state index contributed by atoms with van der Waals surface area (Å²) in [5.41, 5.74) is 4.16. The van der Waals surface area contributed by atoms with Crippen LogP contribution in [0.3, 0.4) is 0 Å². The molecular formula is C30H29ClN8O2. The SMILES string of the molecule is CN(C)C/C=C/C(O)Nc1ccc(C(=O)Nc2cccc(Nc3ncc(Cl)c(-n4cnc5ccccc54)n3)c2)cc1. The summed E-state index contributed by atoms with van der Waals surface area (Å²) < 4.78 is 1.81. The first-order valence-corrected chi connectivity index (χ1v) is 13.2. The molecule has 0 radical (unpaired) electrons. The maximum atomic E-state index is 12.9. The van der Waals surface area contributed by atoms with Crippen molar-refractivity contribution in [2.75, 3.05) is 36.6 Å². The maximum Gasteiger partial charge on any atom is 0.255 e. The van der Waals surface area contributed by atoms with E-state index in [1.54, 1.807) is 48.8 Å². The topological polar surface area (TPSA) is 120 Å². The summed E-state index contributed by atoms with van der Waals surface area (Å²) >= 11 is 6.43. The molecular weight excluding hydrogens is 540 g/mol. The van der Waals surface area contributed by atoms with Gasteiger partial charge in [-0.15, -0.1) is 0 Å². The van der Waals surface area contributed by atoms with E-state index >= 15 is 0 Å². The number of rotatable bonds is 10. The molecule has 0 aliphatic rings. The first kappa shape index (κ1) is 27.8. The third-order valence-electron chi connectivity index (χ3n) is 6.03. The Balaban J connectivity index is 1.24. The summed E-state index contributed by atoms with van der Waals surface area (Å²) in [4.78, 5) is 28.2. The van der Waals surface area contributed by atoms with Crippen LogP contribution in [0.1, 0.15) is 10.4 Å². The molecule has 5 aromatic rings. The number of aliphatic hydroxyl groups excluding tert-OH is 1. The molecule has 41 heavy (non-hydrogen) atoms. The van der Waals surface area contributed by atoms with Crippen LogP contribution in [0.4, 0.5) is 23.0 Å². The van der Waals surface area contributed by atoms with E-state index in [1.165, 1.54) is 6.20 Å². The first-order valence-electron chi connectivity index (χ1n) is 12.9. The van der Waals surface area contributed by atoms with Crippen LogP contribution < -0.4 is 16.0 Å². The van der Waals surface area contributed by atoms with Crippen molar-refractivity contribution < 1.29 is 9.90 Å². The summed E-state index contributed by atoms with van der Waals surface area (Å²) in [5, 5.41) is 19.6. The summed E-state index contributed by atoms with van der Waals surface area (Å²) in [6, 6.07) is 21.8. The maximum absolute atomic E-state index is 12.9. The van der Waals surface area contributed by atoms with E-state index in [0.717, 1.165) is 17.6 Å². The van der Waals surface area contributed by atoms with Gasteiger partial charge in [-0.1, -0.05) is 35.9 Å². The molecule has 0 aliphatic carbocycles. The molecule has 2 heterocycles. The van der Waals surface area contributed by atoms with Crippen molar-refractivity contribution in [3.05, 3.63) is 108 Å². The van der Waals surface area contributed by atoms with E-state index in [9.17, 15) is 9.90 Å². The number of imidazole rings is 1. The Labute approximate surface area is 242 Å². The zero-order chi connectivity index (χ0) is 28.8. The lowest BCUT2D eigenvalue weighted by Gasteiger charge is -2.12. The van der Waals surface area contributed by atoms with Gasteiger partial charge in [-0.25, -0.2) is 9.97 Å². The minimum Gasteiger partial charge on any atom is -0.370 e.